The number of nitrogens with zero attached hydrogens (tertiary/aromatic N) is 1. The van der Waals surface area contributed by atoms with E-state index in [-0.39, 0.29) is 0 Å². The Morgan fingerprint density at radius 3 is 2.50 bits per heavy atom. The summed E-state index contributed by atoms with van der Waals surface area (Å²) in [6.45, 7) is 4.67. The number of hydrogen-bond donors (Lipinski definition) is 1. The van der Waals surface area contributed by atoms with Gasteiger partial charge in [0.2, 0.25) is 0 Å². The molecule has 0 amide bonds. The van der Waals surface area contributed by atoms with Crippen LogP contribution < -0.4 is 5.32 Å². The molecule has 0 heterocycles. The van der Waals surface area contributed by atoms with Crippen molar-refractivity contribution >= 4 is 0 Å². The summed E-state index contributed by atoms with van der Waals surface area (Å²) in [5.74, 6) is 0.937. The molecule has 1 N–H and O–H groups in total. The van der Waals surface area contributed by atoms with Gasteiger partial charge in [-0.05, 0) is 58.2 Å². The Hall–Kier alpha value is -0.0800. The molecule has 0 bridgehead atoms. The zero-order valence-corrected chi connectivity index (χ0v) is 9.63. The van der Waals surface area contributed by atoms with Crippen LogP contribution >= 0.6 is 0 Å². The first-order valence-electron chi connectivity index (χ1n) is 6.25. The van der Waals surface area contributed by atoms with Gasteiger partial charge in [-0.1, -0.05) is 6.92 Å². The molecule has 2 rings (SSSR count). The van der Waals surface area contributed by atoms with Gasteiger partial charge < -0.3 is 10.2 Å². The summed E-state index contributed by atoms with van der Waals surface area (Å²) in [5, 5.41) is 3.55. The van der Waals surface area contributed by atoms with Crippen molar-refractivity contribution in [2.75, 3.05) is 20.1 Å². The van der Waals surface area contributed by atoms with Crippen molar-refractivity contribution in [3.63, 3.8) is 0 Å². The minimum absolute atomic E-state index is 0.895. The second-order valence-corrected chi connectivity index (χ2v) is 5.01. The summed E-state index contributed by atoms with van der Waals surface area (Å²) in [5.41, 5.74) is 0. The van der Waals surface area contributed by atoms with Crippen molar-refractivity contribution in [1.29, 1.82) is 0 Å². The molecule has 0 saturated heterocycles. The fraction of sp³-hybridized carbons (Fsp3) is 1.00. The van der Waals surface area contributed by atoms with Crippen LogP contribution in [0.25, 0.3) is 0 Å². The lowest BCUT2D eigenvalue weighted by molar-refractivity contribution is 0.0778. The molecule has 0 aromatic rings. The Morgan fingerprint density at radius 2 is 2.00 bits per heavy atom. The Bertz CT molecular complexity index is 177. The van der Waals surface area contributed by atoms with Crippen LogP contribution in [0, 0.1) is 5.92 Å². The van der Waals surface area contributed by atoms with Gasteiger partial charge in [-0.15, -0.1) is 0 Å². The van der Waals surface area contributed by atoms with Crippen LogP contribution in [-0.4, -0.2) is 37.1 Å². The van der Waals surface area contributed by atoms with Gasteiger partial charge in [-0.2, -0.15) is 0 Å². The van der Waals surface area contributed by atoms with Gasteiger partial charge in [0, 0.05) is 12.1 Å². The fourth-order valence-electron chi connectivity index (χ4n) is 2.54. The van der Waals surface area contributed by atoms with Crippen molar-refractivity contribution in [2.24, 2.45) is 5.92 Å². The molecule has 0 aromatic heterocycles. The zero-order chi connectivity index (χ0) is 9.97. The van der Waals surface area contributed by atoms with E-state index in [0.717, 1.165) is 18.0 Å². The largest absolute Gasteiger partial charge is 0.316 e. The number of rotatable bonds is 6. The fourth-order valence-corrected chi connectivity index (χ4v) is 2.54. The summed E-state index contributed by atoms with van der Waals surface area (Å²) in [4.78, 5) is 2.64. The van der Waals surface area contributed by atoms with E-state index in [0.29, 0.717) is 0 Å². The third-order valence-corrected chi connectivity index (χ3v) is 3.86. The van der Waals surface area contributed by atoms with Crippen LogP contribution in [0.5, 0.6) is 0 Å². The van der Waals surface area contributed by atoms with Crippen LogP contribution in [0.15, 0.2) is 0 Å². The van der Waals surface area contributed by atoms with Gasteiger partial charge in [-0.25, -0.2) is 0 Å². The molecule has 0 radical (unpaired) electrons. The molecule has 0 spiro atoms. The first kappa shape index (κ1) is 10.4. The third kappa shape index (κ3) is 2.29. The SMILES string of the molecule is CCCNCC1CCC1N(C)C1CC1. The molecule has 2 saturated carbocycles. The molecule has 2 unspecified atom stereocenters. The molecule has 2 nitrogen and oxygen atoms in total. The normalized spacial score (nSPS) is 31.9. The molecule has 2 fully saturated rings. The number of nitrogens with one attached hydrogen (secondary N) is 1. The van der Waals surface area contributed by atoms with Crippen molar-refractivity contribution in [2.45, 2.75) is 51.1 Å². The minimum atomic E-state index is 0.895. The highest BCUT2D eigenvalue weighted by molar-refractivity contribution is 4.95. The quantitative estimate of drug-likeness (QED) is 0.652. The van der Waals surface area contributed by atoms with Crippen LogP contribution in [0.2, 0.25) is 0 Å². The van der Waals surface area contributed by atoms with Gasteiger partial charge in [-0.3, -0.25) is 0 Å². The van der Waals surface area contributed by atoms with Gasteiger partial charge in [0.1, 0.15) is 0 Å². The van der Waals surface area contributed by atoms with Crippen LogP contribution in [0.3, 0.4) is 0 Å². The predicted octanol–water partition coefficient (Wildman–Crippen LogP) is 1.86. The van der Waals surface area contributed by atoms with E-state index < -0.39 is 0 Å². The van der Waals surface area contributed by atoms with Crippen molar-refractivity contribution in [3.05, 3.63) is 0 Å². The van der Waals surface area contributed by atoms with Crippen molar-refractivity contribution in [1.82, 2.24) is 10.2 Å². The standard InChI is InChI=1S/C12H24N2/c1-3-8-13-9-10-4-7-12(10)14(2)11-5-6-11/h10-13H,3-9H2,1-2H3. The van der Waals surface area contributed by atoms with E-state index in [4.69, 9.17) is 0 Å². The lowest BCUT2D eigenvalue weighted by atomic mass is 9.78. The second kappa shape index (κ2) is 4.63. The molecule has 2 heteroatoms. The number of hydrogen-bond acceptors (Lipinski definition) is 2. The summed E-state index contributed by atoms with van der Waals surface area (Å²) in [6, 6.07) is 1.83. The van der Waals surface area contributed by atoms with Gasteiger partial charge in [0.25, 0.3) is 0 Å². The van der Waals surface area contributed by atoms with E-state index in [1.807, 2.05) is 0 Å². The minimum Gasteiger partial charge on any atom is -0.316 e. The van der Waals surface area contributed by atoms with Crippen LogP contribution in [-0.2, 0) is 0 Å². The van der Waals surface area contributed by atoms with Gasteiger partial charge in [0.15, 0.2) is 0 Å². The average Bonchev–Trinajstić information content (AvgIpc) is 2.93. The molecule has 14 heavy (non-hydrogen) atoms. The smallest absolute Gasteiger partial charge is 0.0136 e. The molecular weight excluding hydrogens is 172 g/mol. The molecule has 0 aromatic carbocycles. The Kier molecular flexibility index (Phi) is 3.45. The average molecular weight is 196 g/mol. The van der Waals surface area contributed by atoms with E-state index in [1.165, 1.54) is 45.2 Å². The molecule has 82 valence electrons. The monoisotopic (exact) mass is 196 g/mol. The second-order valence-electron chi connectivity index (χ2n) is 5.01. The topological polar surface area (TPSA) is 15.3 Å². The third-order valence-electron chi connectivity index (χ3n) is 3.86. The first-order valence-corrected chi connectivity index (χ1v) is 6.25. The molecule has 0 aliphatic heterocycles. The van der Waals surface area contributed by atoms with E-state index in [9.17, 15) is 0 Å². The Balaban J connectivity index is 1.66. The maximum atomic E-state index is 3.55. The Morgan fingerprint density at radius 1 is 1.21 bits per heavy atom. The summed E-state index contributed by atoms with van der Waals surface area (Å²) >= 11 is 0. The summed E-state index contributed by atoms with van der Waals surface area (Å²) in [6.07, 6.45) is 7.03. The maximum absolute atomic E-state index is 3.55. The molecule has 2 atom stereocenters. The van der Waals surface area contributed by atoms with Crippen LogP contribution in [0.4, 0.5) is 0 Å². The van der Waals surface area contributed by atoms with Gasteiger partial charge in [0.05, 0.1) is 0 Å². The first-order chi connectivity index (χ1) is 6.83. The summed E-state index contributed by atoms with van der Waals surface area (Å²) < 4.78 is 0. The van der Waals surface area contributed by atoms with Gasteiger partial charge >= 0.3 is 0 Å². The zero-order valence-electron chi connectivity index (χ0n) is 9.63. The Labute approximate surface area is 88.1 Å². The highest BCUT2D eigenvalue weighted by Crippen LogP contribution is 2.37. The van der Waals surface area contributed by atoms with E-state index >= 15 is 0 Å². The van der Waals surface area contributed by atoms with E-state index in [1.54, 1.807) is 0 Å². The molecule has 2 aliphatic carbocycles. The highest BCUT2D eigenvalue weighted by atomic mass is 15.2. The van der Waals surface area contributed by atoms with E-state index in [2.05, 4.69) is 24.2 Å². The lowest BCUT2D eigenvalue weighted by Crippen LogP contribution is -2.49. The maximum Gasteiger partial charge on any atom is 0.0136 e. The van der Waals surface area contributed by atoms with Crippen LogP contribution in [0.1, 0.15) is 39.0 Å². The molecule has 2 aliphatic rings. The molecular formula is C12H24N2. The summed E-state index contributed by atoms with van der Waals surface area (Å²) in [7, 11) is 2.33. The van der Waals surface area contributed by atoms with Crippen molar-refractivity contribution in [3.8, 4) is 0 Å². The highest BCUT2D eigenvalue weighted by Gasteiger charge is 2.39. The lowest BCUT2D eigenvalue weighted by Gasteiger charge is -2.43. The predicted molar refractivity (Wildman–Crippen MR) is 60.5 cm³/mol. The van der Waals surface area contributed by atoms with Crippen molar-refractivity contribution < 1.29 is 0 Å².